The van der Waals surface area contributed by atoms with Crippen molar-refractivity contribution in [2.75, 3.05) is 16.8 Å². The molecule has 0 bridgehead atoms. The van der Waals surface area contributed by atoms with Gasteiger partial charge in [0.2, 0.25) is 0 Å². The Balaban J connectivity index is 1.60. The Labute approximate surface area is 164 Å². The molecule has 0 radical (unpaired) electrons. The maximum Gasteiger partial charge on any atom is 0.407 e. The van der Waals surface area contributed by atoms with E-state index in [4.69, 9.17) is 0 Å². The minimum absolute atomic E-state index is 0.0490. The summed E-state index contributed by atoms with van der Waals surface area (Å²) in [6.07, 6.45) is 0.804. The second-order valence-electron chi connectivity index (χ2n) is 8.89. The Morgan fingerprint density at radius 3 is 2.75 bits per heavy atom. The van der Waals surface area contributed by atoms with Gasteiger partial charge in [-0.25, -0.2) is 10.2 Å². The van der Waals surface area contributed by atoms with Gasteiger partial charge >= 0.3 is 6.09 Å². The van der Waals surface area contributed by atoms with Gasteiger partial charge in [0.15, 0.2) is 0 Å². The summed E-state index contributed by atoms with van der Waals surface area (Å²) in [5, 5.41) is 17.2. The molecular weight excluding hydrogens is 358 g/mol. The summed E-state index contributed by atoms with van der Waals surface area (Å²) in [6.45, 7) is 8.52. The summed E-state index contributed by atoms with van der Waals surface area (Å²) in [7, 11) is 0. The molecule has 0 saturated carbocycles. The van der Waals surface area contributed by atoms with Gasteiger partial charge in [-0.1, -0.05) is 26.8 Å². The molecule has 1 saturated heterocycles. The predicted octanol–water partition coefficient (Wildman–Crippen LogP) is 2.46. The molecule has 3 atom stereocenters. The monoisotopic (exact) mass is 385 g/mol. The zero-order valence-electron chi connectivity index (χ0n) is 16.7. The molecule has 0 aromatic heterocycles. The summed E-state index contributed by atoms with van der Waals surface area (Å²) in [4.78, 5) is 27.1. The summed E-state index contributed by atoms with van der Waals surface area (Å²) < 4.78 is 0. The number of hydrogen-bond donors (Lipinski definition) is 3. The first-order valence-electron chi connectivity index (χ1n) is 9.71. The van der Waals surface area contributed by atoms with Gasteiger partial charge in [0.1, 0.15) is 11.9 Å². The maximum atomic E-state index is 12.1. The lowest BCUT2D eigenvalue weighted by atomic mass is 9.76. The first-order valence-corrected chi connectivity index (χ1v) is 9.71. The topological polar surface area (TPSA) is 97.3 Å². The number of fused-ring (bicyclic) bond motifs is 3. The minimum atomic E-state index is -0.877. The number of carboxylic acid groups (broad SMARTS) is 1. The number of carbonyl (C=O) groups is 2. The number of rotatable bonds is 2. The Morgan fingerprint density at radius 1 is 1.32 bits per heavy atom. The first-order chi connectivity index (χ1) is 13.2. The van der Waals surface area contributed by atoms with Crippen LogP contribution in [0.25, 0.3) is 0 Å². The van der Waals surface area contributed by atoms with Crippen LogP contribution in [0.1, 0.15) is 39.7 Å². The number of aryl methyl sites for hydroxylation is 1. The summed E-state index contributed by atoms with van der Waals surface area (Å²) in [5.41, 5.74) is 5.56. The van der Waals surface area contributed by atoms with E-state index in [1.54, 1.807) is 0 Å². The fourth-order valence-electron chi connectivity index (χ4n) is 4.58. The largest absolute Gasteiger partial charge is 0.465 e. The second-order valence-corrected chi connectivity index (χ2v) is 8.89. The number of likely N-dealkylation sites (tertiary alicyclic amines) is 1. The van der Waals surface area contributed by atoms with Gasteiger partial charge in [-0.3, -0.25) is 4.79 Å². The highest BCUT2D eigenvalue weighted by Crippen LogP contribution is 2.38. The third-order valence-corrected chi connectivity index (χ3v) is 5.90. The molecule has 4 rings (SSSR count). The van der Waals surface area contributed by atoms with Crippen LogP contribution < -0.4 is 15.6 Å². The summed E-state index contributed by atoms with van der Waals surface area (Å²) in [5.74, 6) is 0.767. The Hall–Kier alpha value is -2.77. The zero-order chi connectivity index (χ0) is 20.2. The fraction of sp³-hybridized carbons (Fsp3) is 0.550. The number of nitrogens with one attached hydrogen (secondary N) is 2. The molecule has 1 aromatic rings. The lowest BCUT2D eigenvalue weighted by molar-refractivity contribution is -0.122. The highest BCUT2D eigenvalue weighted by molar-refractivity contribution is 6.08. The van der Waals surface area contributed by atoms with E-state index in [9.17, 15) is 14.7 Å². The zero-order valence-corrected chi connectivity index (χ0v) is 16.7. The average Bonchev–Trinajstić information content (AvgIpc) is 2.59. The molecule has 1 aromatic carbocycles. The number of benzene rings is 1. The molecule has 3 aliphatic rings. The number of hydrogen-bond acceptors (Lipinski definition) is 5. The van der Waals surface area contributed by atoms with Gasteiger partial charge < -0.3 is 20.2 Å². The van der Waals surface area contributed by atoms with E-state index in [1.807, 2.05) is 17.9 Å². The molecule has 0 aliphatic carbocycles. The molecule has 3 aliphatic heterocycles. The van der Waals surface area contributed by atoms with Crippen LogP contribution in [0.2, 0.25) is 0 Å². The quantitative estimate of drug-likeness (QED) is 0.727. The van der Waals surface area contributed by atoms with Crippen LogP contribution in [-0.4, -0.2) is 52.5 Å². The number of anilines is 2. The van der Waals surface area contributed by atoms with Crippen molar-refractivity contribution in [1.29, 1.82) is 0 Å². The third kappa shape index (κ3) is 2.96. The fourth-order valence-corrected chi connectivity index (χ4v) is 4.58. The van der Waals surface area contributed by atoms with Crippen LogP contribution in [0.4, 0.5) is 16.2 Å². The van der Waals surface area contributed by atoms with E-state index < -0.39 is 6.09 Å². The standard InChI is InChI=1S/C20H27N5O3/c1-11-18(26)23-22-16-8-6-12-5-7-13(9-15(12)25(11)16)21-14-10-24(19(27)28)17(14)20(2,3)4/h5,7,9,11,14,17,21H,6,8,10H2,1-4H3,(H,23,26)(H,27,28). The van der Waals surface area contributed by atoms with Crippen LogP contribution in [0.15, 0.2) is 23.3 Å². The van der Waals surface area contributed by atoms with E-state index in [1.165, 1.54) is 10.5 Å². The first kappa shape index (κ1) is 18.6. The van der Waals surface area contributed by atoms with E-state index in [2.05, 4.69) is 48.7 Å². The van der Waals surface area contributed by atoms with Gasteiger partial charge in [0, 0.05) is 24.3 Å². The number of nitrogens with zero attached hydrogens (tertiary/aromatic N) is 3. The molecule has 0 spiro atoms. The van der Waals surface area contributed by atoms with Crippen LogP contribution in [0.3, 0.4) is 0 Å². The van der Waals surface area contributed by atoms with Crippen molar-refractivity contribution in [2.45, 2.75) is 58.7 Å². The highest BCUT2D eigenvalue weighted by Gasteiger charge is 2.48. The van der Waals surface area contributed by atoms with Gasteiger partial charge in [0.25, 0.3) is 5.91 Å². The highest BCUT2D eigenvalue weighted by atomic mass is 16.4. The lowest BCUT2D eigenvalue weighted by Crippen LogP contribution is -2.69. The van der Waals surface area contributed by atoms with E-state index in [-0.39, 0.29) is 29.4 Å². The molecular formula is C20H27N5O3. The molecule has 1 fully saturated rings. The van der Waals surface area contributed by atoms with Gasteiger partial charge in [-0.2, -0.15) is 5.10 Å². The van der Waals surface area contributed by atoms with Crippen molar-refractivity contribution < 1.29 is 14.7 Å². The normalized spacial score (nSPS) is 26.5. The third-order valence-electron chi connectivity index (χ3n) is 5.90. The number of carbonyl (C=O) groups excluding carboxylic acids is 1. The van der Waals surface area contributed by atoms with Crippen molar-refractivity contribution in [2.24, 2.45) is 10.5 Å². The molecule has 3 heterocycles. The van der Waals surface area contributed by atoms with Crippen LogP contribution >= 0.6 is 0 Å². The van der Waals surface area contributed by atoms with Crippen molar-refractivity contribution in [3.05, 3.63) is 23.8 Å². The Bertz CT molecular complexity index is 860. The minimum Gasteiger partial charge on any atom is -0.465 e. The van der Waals surface area contributed by atoms with Gasteiger partial charge in [-0.15, -0.1) is 0 Å². The number of hydrazone groups is 1. The molecule has 3 N–H and O–H groups in total. The molecule has 3 unspecified atom stereocenters. The molecule has 2 amide bonds. The average molecular weight is 385 g/mol. The van der Waals surface area contributed by atoms with Crippen LogP contribution in [0.5, 0.6) is 0 Å². The predicted molar refractivity (Wildman–Crippen MR) is 108 cm³/mol. The summed E-state index contributed by atoms with van der Waals surface area (Å²) in [6, 6.07) is 5.83. The van der Waals surface area contributed by atoms with E-state index in [0.29, 0.717) is 6.54 Å². The van der Waals surface area contributed by atoms with Crippen molar-refractivity contribution in [3.8, 4) is 0 Å². The molecule has 28 heavy (non-hydrogen) atoms. The van der Waals surface area contributed by atoms with Crippen LogP contribution in [-0.2, 0) is 11.2 Å². The summed E-state index contributed by atoms with van der Waals surface area (Å²) >= 11 is 0. The molecule has 150 valence electrons. The molecule has 8 nitrogen and oxygen atoms in total. The Kier molecular flexibility index (Phi) is 4.24. The number of amides is 2. The van der Waals surface area contributed by atoms with Gasteiger partial charge in [0.05, 0.1) is 12.1 Å². The smallest absolute Gasteiger partial charge is 0.407 e. The SMILES string of the molecule is CC1C(=O)NN=C2CCc3ccc(NC4CN(C(=O)O)C4C(C)(C)C)cc3N21. The van der Waals surface area contributed by atoms with E-state index >= 15 is 0 Å². The molecule has 8 heteroatoms. The number of amidine groups is 1. The Morgan fingerprint density at radius 2 is 2.07 bits per heavy atom. The van der Waals surface area contributed by atoms with Crippen molar-refractivity contribution in [1.82, 2.24) is 10.3 Å². The van der Waals surface area contributed by atoms with Crippen molar-refractivity contribution >= 4 is 29.2 Å². The van der Waals surface area contributed by atoms with Crippen molar-refractivity contribution in [3.63, 3.8) is 0 Å². The van der Waals surface area contributed by atoms with Crippen LogP contribution in [0, 0.1) is 5.41 Å². The van der Waals surface area contributed by atoms with Gasteiger partial charge in [-0.05, 0) is 36.5 Å². The maximum absolute atomic E-state index is 12.1. The van der Waals surface area contributed by atoms with E-state index in [0.717, 1.165) is 30.1 Å². The second kappa shape index (κ2) is 6.39. The lowest BCUT2D eigenvalue weighted by Gasteiger charge is -2.53.